The molecule has 1 N–H and O–H groups in total. The fraction of sp³-hybridized carbons (Fsp3) is 1.00. The maximum atomic E-state index is 11.5. The van der Waals surface area contributed by atoms with Gasteiger partial charge in [-0.3, -0.25) is 0 Å². The Morgan fingerprint density at radius 3 is 2.65 bits per heavy atom. The molecule has 1 aliphatic heterocycles. The van der Waals surface area contributed by atoms with Gasteiger partial charge in [-0.05, 0) is 33.1 Å². The summed E-state index contributed by atoms with van der Waals surface area (Å²) in [6, 6.07) is 0.385. The third kappa shape index (κ3) is 5.84. The topological polar surface area (TPSA) is 55.4 Å². The van der Waals surface area contributed by atoms with E-state index in [1.54, 1.807) is 0 Å². The van der Waals surface area contributed by atoms with Crippen LogP contribution in [0.25, 0.3) is 0 Å². The number of rotatable bonds is 6. The summed E-state index contributed by atoms with van der Waals surface area (Å²) in [6.07, 6.45) is 2.62. The molecule has 1 atom stereocenters. The molecule has 1 heterocycles. The fourth-order valence-corrected chi connectivity index (χ4v) is 3.49. The van der Waals surface area contributed by atoms with Crippen molar-refractivity contribution in [2.45, 2.75) is 51.7 Å². The van der Waals surface area contributed by atoms with E-state index in [-0.39, 0.29) is 11.4 Å². The highest BCUT2D eigenvalue weighted by Gasteiger charge is 2.28. The molecule has 0 bridgehead atoms. The Labute approximate surface area is 105 Å². The average Bonchev–Trinajstić information content (AvgIpc) is 2.15. The molecule has 0 amide bonds. The Kier molecular flexibility index (Phi) is 5.41. The van der Waals surface area contributed by atoms with Crippen molar-refractivity contribution >= 4 is 9.84 Å². The standard InChI is InChI=1S/C12H25NO3S/c1-4-8-17(14,15)9-6-13-11-5-7-16-12(2,3)10-11/h11,13H,4-10H2,1-3H3. The molecule has 0 saturated carbocycles. The predicted molar refractivity (Wildman–Crippen MR) is 70.0 cm³/mol. The van der Waals surface area contributed by atoms with Crippen LogP contribution in [-0.2, 0) is 14.6 Å². The highest BCUT2D eigenvalue weighted by molar-refractivity contribution is 7.91. The first-order valence-corrected chi connectivity index (χ1v) is 8.24. The van der Waals surface area contributed by atoms with Crippen LogP contribution in [0.4, 0.5) is 0 Å². The van der Waals surface area contributed by atoms with Crippen LogP contribution in [0.3, 0.4) is 0 Å². The van der Waals surface area contributed by atoms with Gasteiger partial charge in [0.15, 0.2) is 9.84 Å². The molecule has 0 aromatic carbocycles. The summed E-state index contributed by atoms with van der Waals surface area (Å²) in [6.45, 7) is 7.37. The first kappa shape index (κ1) is 14.9. The normalized spacial score (nSPS) is 24.8. The summed E-state index contributed by atoms with van der Waals surface area (Å²) >= 11 is 0. The van der Waals surface area contributed by atoms with Gasteiger partial charge in [-0.2, -0.15) is 0 Å². The van der Waals surface area contributed by atoms with Crippen LogP contribution < -0.4 is 5.32 Å². The molecule has 0 radical (unpaired) electrons. The minimum Gasteiger partial charge on any atom is -0.375 e. The first-order chi connectivity index (χ1) is 7.85. The van der Waals surface area contributed by atoms with Gasteiger partial charge < -0.3 is 10.1 Å². The number of hydrogen-bond acceptors (Lipinski definition) is 4. The summed E-state index contributed by atoms with van der Waals surface area (Å²) in [7, 11) is -2.85. The smallest absolute Gasteiger partial charge is 0.151 e. The van der Waals surface area contributed by atoms with Crippen LogP contribution in [0, 0.1) is 0 Å². The van der Waals surface area contributed by atoms with Gasteiger partial charge in [0, 0.05) is 24.9 Å². The number of ether oxygens (including phenoxy) is 1. The van der Waals surface area contributed by atoms with Crippen LogP contribution in [0.5, 0.6) is 0 Å². The van der Waals surface area contributed by atoms with Gasteiger partial charge in [0.2, 0.25) is 0 Å². The van der Waals surface area contributed by atoms with Crippen molar-refractivity contribution in [2.75, 3.05) is 24.7 Å². The minimum absolute atomic E-state index is 0.0851. The van der Waals surface area contributed by atoms with Gasteiger partial charge in [0.1, 0.15) is 0 Å². The van der Waals surface area contributed by atoms with E-state index < -0.39 is 9.84 Å². The summed E-state index contributed by atoms with van der Waals surface area (Å²) in [5, 5.41) is 3.33. The first-order valence-electron chi connectivity index (χ1n) is 6.42. The minimum atomic E-state index is -2.85. The van der Waals surface area contributed by atoms with E-state index in [1.165, 1.54) is 0 Å². The van der Waals surface area contributed by atoms with E-state index in [2.05, 4.69) is 19.2 Å². The zero-order valence-electron chi connectivity index (χ0n) is 11.2. The molecular formula is C12H25NO3S. The molecule has 1 fully saturated rings. The molecule has 5 heteroatoms. The van der Waals surface area contributed by atoms with Crippen molar-refractivity contribution in [3.05, 3.63) is 0 Å². The van der Waals surface area contributed by atoms with E-state index in [0.29, 0.717) is 24.8 Å². The fourth-order valence-electron chi connectivity index (χ4n) is 2.24. The second-order valence-electron chi connectivity index (χ2n) is 5.40. The maximum Gasteiger partial charge on any atom is 0.151 e. The summed E-state index contributed by atoms with van der Waals surface area (Å²) in [5.41, 5.74) is -0.0851. The SMILES string of the molecule is CCCS(=O)(=O)CCNC1CCOC(C)(C)C1. The number of sulfone groups is 1. The molecular weight excluding hydrogens is 238 g/mol. The Bertz CT molecular complexity index is 325. The lowest BCUT2D eigenvalue weighted by Gasteiger charge is -2.36. The monoisotopic (exact) mass is 263 g/mol. The largest absolute Gasteiger partial charge is 0.375 e. The predicted octanol–water partition coefficient (Wildman–Crippen LogP) is 1.36. The van der Waals surface area contributed by atoms with Gasteiger partial charge >= 0.3 is 0 Å². The van der Waals surface area contributed by atoms with Crippen molar-refractivity contribution in [3.63, 3.8) is 0 Å². The van der Waals surface area contributed by atoms with E-state index >= 15 is 0 Å². The van der Waals surface area contributed by atoms with E-state index in [9.17, 15) is 8.42 Å². The van der Waals surface area contributed by atoms with Gasteiger partial charge in [-0.15, -0.1) is 0 Å². The van der Waals surface area contributed by atoms with E-state index in [1.807, 2.05) is 6.92 Å². The van der Waals surface area contributed by atoms with Gasteiger partial charge in [-0.25, -0.2) is 8.42 Å². The summed E-state index contributed by atoms with van der Waals surface area (Å²) in [4.78, 5) is 0. The zero-order chi connectivity index (χ0) is 12.9. The average molecular weight is 263 g/mol. The molecule has 1 aliphatic rings. The Morgan fingerprint density at radius 1 is 1.35 bits per heavy atom. The highest BCUT2D eigenvalue weighted by atomic mass is 32.2. The second kappa shape index (κ2) is 6.16. The molecule has 102 valence electrons. The van der Waals surface area contributed by atoms with Gasteiger partial charge in [0.25, 0.3) is 0 Å². The van der Waals surface area contributed by atoms with Crippen LogP contribution >= 0.6 is 0 Å². The Balaban J connectivity index is 2.27. The molecule has 1 unspecified atom stereocenters. The lowest BCUT2D eigenvalue weighted by molar-refractivity contribution is -0.0625. The third-order valence-electron chi connectivity index (χ3n) is 3.06. The molecule has 0 aliphatic carbocycles. The number of nitrogens with one attached hydrogen (secondary N) is 1. The maximum absolute atomic E-state index is 11.5. The molecule has 0 spiro atoms. The van der Waals surface area contributed by atoms with Crippen molar-refractivity contribution in [3.8, 4) is 0 Å². The quantitative estimate of drug-likeness (QED) is 0.786. The molecule has 17 heavy (non-hydrogen) atoms. The van der Waals surface area contributed by atoms with Gasteiger partial charge in [-0.1, -0.05) is 6.92 Å². The molecule has 0 aromatic heterocycles. The van der Waals surface area contributed by atoms with E-state index in [4.69, 9.17) is 4.74 Å². The molecule has 4 nitrogen and oxygen atoms in total. The van der Waals surface area contributed by atoms with Crippen LogP contribution in [0.15, 0.2) is 0 Å². The molecule has 1 rings (SSSR count). The molecule has 1 saturated heterocycles. The van der Waals surface area contributed by atoms with Crippen molar-refractivity contribution in [1.82, 2.24) is 5.32 Å². The van der Waals surface area contributed by atoms with Crippen LogP contribution in [-0.4, -0.2) is 44.7 Å². The Morgan fingerprint density at radius 2 is 2.06 bits per heavy atom. The molecule has 0 aromatic rings. The second-order valence-corrected chi connectivity index (χ2v) is 7.71. The summed E-state index contributed by atoms with van der Waals surface area (Å²) in [5.74, 6) is 0.548. The van der Waals surface area contributed by atoms with E-state index in [0.717, 1.165) is 19.4 Å². The van der Waals surface area contributed by atoms with Crippen molar-refractivity contribution in [2.24, 2.45) is 0 Å². The van der Waals surface area contributed by atoms with Gasteiger partial charge in [0.05, 0.1) is 11.4 Å². The lowest BCUT2D eigenvalue weighted by Crippen LogP contribution is -2.44. The Hall–Kier alpha value is -0.130. The van der Waals surface area contributed by atoms with Crippen molar-refractivity contribution in [1.29, 1.82) is 0 Å². The highest BCUT2D eigenvalue weighted by Crippen LogP contribution is 2.23. The van der Waals surface area contributed by atoms with Crippen LogP contribution in [0.2, 0.25) is 0 Å². The zero-order valence-corrected chi connectivity index (χ0v) is 12.0. The third-order valence-corrected chi connectivity index (χ3v) is 4.91. The lowest BCUT2D eigenvalue weighted by atomic mass is 9.94. The van der Waals surface area contributed by atoms with Crippen molar-refractivity contribution < 1.29 is 13.2 Å². The van der Waals surface area contributed by atoms with Crippen LogP contribution in [0.1, 0.15) is 40.0 Å². The summed E-state index contributed by atoms with van der Waals surface area (Å²) < 4.78 is 28.7. The number of hydrogen-bond donors (Lipinski definition) is 1.